The van der Waals surface area contributed by atoms with Gasteiger partial charge in [-0.15, -0.1) is 0 Å². The zero-order chi connectivity index (χ0) is 13.0. The van der Waals surface area contributed by atoms with Gasteiger partial charge in [0.15, 0.2) is 0 Å². The summed E-state index contributed by atoms with van der Waals surface area (Å²) in [6, 6.07) is 0. The summed E-state index contributed by atoms with van der Waals surface area (Å²) in [5.74, 6) is 3.89. The van der Waals surface area contributed by atoms with Gasteiger partial charge in [-0.05, 0) is 62.2 Å². The Morgan fingerprint density at radius 1 is 1.05 bits per heavy atom. The van der Waals surface area contributed by atoms with Crippen molar-refractivity contribution < 1.29 is 4.79 Å². The maximum absolute atomic E-state index is 12.3. The summed E-state index contributed by atoms with van der Waals surface area (Å²) in [6.45, 7) is 2.26. The summed E-state index contributed by atoms with van der Waals surface area (Å²) in [5.41, 5.74) is 1.81. The van der Waals surface area contributed by atoms with Crippen LogP contribution >= 0.6 is 0 Å². The number of rotatable bonds is 0. The quantitative estimate of drug-likeness (QED) is 0.584. The highest BCUT2D eigenvalue weighted by atomic mass is 16.1. The first-order valence-electron chi connectivity index (χ1n) is 8.43. The van der Waals surface area contributed by atoms with E-state index >= 15 is 0 Å². The lowest BCUT2D eigenvalue weighted by Gasteiger charge is -2.49. The number of carbonyl (C=O) groups is 1. The summed E-state index contributed by atoms with van der Waals surface area (Å²) >= 11 is 0. The van der Waals surface area contributed by atoms with Crippen molar-refractivity contribution in [3.05, 3.63) is 11.6 Å². The molecule has 4 aliphatic carbocycles. The number of allylic oxidation sites excluding steroid dienone is 2. The minimum absolute atomic E-state index is 0.00959. The van der Waals surface area contributed by atoms with Gasteiger partial charge in [-0.1, -0.05) is 31.4 Å². The smallest absolute Gasteiger partial charge is 0.139 e. The third kappa shape index (κ3) is 1.63. The molecule has 0 aromatic carbocycles. The van der Waals surface area contributed by atoms with E-state index in [0.717, 1.165) is 30.6 Å². The highest BCUT2D eigenvalue weighted by Gasteiger charge is 2.53. The molecule has 4 aliphatic rings. The van der Waals surface area contributed by atoms with Crippen LogP contribution < -0.4 is 0 Å². The predicted octanol–water partition coefficient (Wildman–Crippen LogP) is 4.52. The lowest BCUT2D eigenvalue weighted by molar-refractivity contribution is -0.127. The van der Waals surface area contributed by atoms with E-state index < -0.39 is 0 Å². The van der Waals surface area contributed by atoms with Crippen molar-refractivity contribution in [1.82, 2.24) is 0 Å². The average Bonchev–Trinajstić information content (AvgIpc) is 2.75. The maximum atomic E-state index is 12.3. The van der Waals surface area contributed by atoms with E-state index in [2.05, 4.69) is 13.0 Å². The first kappa shape index (κ1) is 12.2. The van der Waals surface area contributed by atoms with Gasteiger partial charge in [0.2, 0.25) is 0 Å². The highest BCUT2D eigenvalue weighted by Crippen LogP contribution is 2.58. The fourth-order valence-corrected chi connectivity index (χ4v) is 5.90. The summed E-state index contributed by atoms with van der Waals surface area (Å²) in [7, 11) is 0. The van der Waals surface area contributed by atoms with Crippen LogP contribution in [0.15, 0.2) is 11.6 Å². The van der Waals surface area contributed by atoms with Gasteiger partial charge in [-0.3, -0.25) is 4.79 Å². The molecule has 0 aromatic rings. The van der Waals surface area contributed by atoms with Crippen LogP contribution in [0, 0.1) is 29.1 Å². The second-order valence-electron chi connectivity index (χ2n) is 7.73. The van der Waals surface area contributed by atoms with Crippen molar-refractivity contribution in [1.29, 1.82) is 0 Å². The van der Waals surface area contributed by atoms with E-state index in [1.165, 1.54) is 44.9 Å². The summed E-state index contributed by atoms with van der Waals surface area (Å²) in [6.07, 6.45) is 14.2. The number of hydrogen-bond donors (Lipinski definition) is 0. The molecule has 1 heteroatoms. The van der Waals surface area contributed by atoms with Gasteiger partial charge in [0.25, 0.3) is 0 Å². The fraction of sp³-hybridized carbons (Fsp3) is 0.833. The fourth-order valence-electron chi connectivity index (χ4n) is 5.90. The molecule has 0 bridgehead atoms. The minimum atomic E-state index is 0.00959. The van der Waals surface area contributed by atoms with Gasteiger partial charge < -0.3 is 0 Å². The lowest BCUT2D eigenvalue weighted by atomic mass is 9.55. The number of carbonyl (C=O) groups excluding carboxylic acids is 1. The van der Waals surface area contributed by atoms with Crippen LogP contribution in [0.3, 0.4) is 0 Å². The molecule has 5 atom stereocenters. The summed E-state index contributed by atoms with van der Waals surface area (Å²) in [4.78, 5) is 12.3. The van der Waals surface area contributed by atoms with E-state index in [1.54, 1.807) is 5.57 Å². The van der Waals surface area contributed by atoms with E-state index in [4.69, 9.17) is 0 Å². The van der Waals surface area contributed by atoms with Gasteiger partial charge in [0, 0.05) is 11.8 Å². The third-order valence-corrected chi connectivity index (χ3v) is 7.00. The van der Waals surface area contributed by atoms with Gasteiger partial charge in [0.05, 0.1) is 0 Å². The molecule has 0 amide bonds. The van der Waals surface area contributed by atoms with Crippen molar-refractivity contribution >= 4 is 5.78 Å². The Morgan fingerprint density at radius 2 is 1.89 bits per heavy atom. The topological polar surface area (TPSA) is 17.1 Å². The molecule has 0 spiro atoms. The summed E-state index contributed by atoms with van der Waals surface area (Å²) in [5, 5.41) is 0. The molecule has 1 unspecified atom stereocenters. The standard InChI is InChI=1S/C18H26O/c1-18-11-10-14-13-5-3-2-4-12(13)6-7-15(14)16(18)8-9-17(18)19/h10,12-13,15-16H,2-9,11H2,1H3/t12?,13-,15+,16-,18+/m0/s1. The van der Waals surface area contributed by atoms with E-state index in [0.29, 0.717) is 11.7 Å². The number of fused-ring (bicyclic) bond motifs is 5. The largest absolute Gasteiger partial charge is 0.299 e. The molecule has 0 aromatic heterocycles. The first-order chi connectivity index (χ1) is 9.20. The van der Waals surface area contributed by atoms with Crippen LogP contribution in [0.2, 0.25) is 0 Å². The van der Waals surface area contributed by atoms with Crippen LogP contribution in [0.1, 0.15) is 64.7 Å². The highest BCUT2D eigenvalue weighted by molar-refractivity contribution is 5.87. The summed E-state index contributed by atoms with van der Waals surface area (Å²) < 4.78 is 0. The minimum Gasteiger partial charge on any atom is -0.299 e. The Labute approximate surface area is 116 Å². The second kappa shape index (κ2) is 4.20. The van der Waals surface area contributed by atoms with Gasteiger partial charge in [0.1, 0.15) is 5.78 Å². The van der Waals surface area contributed by atoms with Crippen molar-refractivity contribution in [2.24, 2.45) is 29.1 Å². The molecular formula is C18H26O. The molecule has 3 saturated carbocycles. The van der Waals surface area contributed by atoms with Crippen LogP contribution in [0.5, 0.6) is 0 Å². The molecule has 19 heavy (non-hydrogen) atoms. The molecule has 0 radical (unpaired) electrons. The second-order valence-corrected chi connectivity index (χ2v) is 7.73. The van der Waals surface area contributed by atoms with Gasteiger partial charge in [-0.25, -0.2) is 0 Å². The Kier molecular flexibility index (Phi) is 2.69. The van der Waals surface area contributed by atoms with E-state index in [1.807, 2.05) is 0 Å². The van der Waals surface area contributed by atoms with Crippen LogP contribution in [0.4, 0.5) is 0 Å². The molecule has 4 rings (SSSR count). The normalized spacial score (nSPS) is 49.1. The zero-order valence-corrected chi connectivity index (χ0v) is 12.2. The van der Waals surface area contributed by atoms with Crippen molar-refractivity contribution in [3.8, 4) is 0 Å². The Bertz CT molecular complexity index is 435. The Balaban J connectivity index is 1.68. The van der Waals surface area contributed by atoms with Crippen molar-refractivity contribution in [2.45, 2.75) is 64.7 Å². The Morgan fingerprint density at radius 3 is 2.79 bits per heavy atom. The molecule has 104 valence electrons. The molecular weight excluding hydrogens is 232 g/mol. The van der Waals surface area contributed by atoms with E-state index in [-0.39, 0.29) is 5.41 Å². The molecule has 0 saturated heterocycles. The molecule has 0 heterocycles. The Hall–Kier alpha value is -0.590. The first-order valence-corrected chi connectivity index (χ1v) is 8.43. The average molecular weight is 258 g/mol. The lowest BCUT2D eigenvalue weighted by Crippen LogP contribution is -2.42. The SMILES string of the molecule is C[C@@]12CC=C3[C@H]4CCCCC4CC[C@H]3[C@@H]1CCC2=O. The molecule has 0 N–H and O–H groups in total. The van der Waals surface area contributed by atoms with Crippen LogP contribution in [-0.2, 0) is 4.79 Å². The van der Waals surface area contributed by atoms with Crippen molar-refractivity contribution in [2.75, 3.05) is 0 Å². The van der Waals surface area contributed by atoms with Crippen LogP contribution in [-0.4, -0.2) is 5.78 Å². The van der Waals surface area contributed by atoms with Gasteiger partial charge in [-0.2, -0.15) is 0 Å². The predicted molar refractivity (Wildman–Crippen MR) is 76.7 cm³/mol. The number of hydrogen-bond acceptors (Lipinski definition) is 1. The number of ketones is 1. The maximum Gasteiger partial charge on any atom is 0.139 e. The van der Waals surface area contributed by atoms with Crippen molar-refractivity contribution in [3.63, 3.8) is 0 Å². The molecule has 1 nitrogen and oxygen atoms in total. The zero-order valence-electron chi connectivity index (χ0n) is 12.2. The molecule has 3 fully saturated rings. The van der Waals surface area contributed by atoms with E-state index in [9.17, 15) is 4.79 Å². The molecule has 0 aliphatic heterocycles. The number of Topliss-reactive ketones (excluding diaryl/α,β-unsaturated/α-hetero) is 1. The third-order valence-electron chi connectivity index (χ3n) is 7.00. The van der Waals surface area contributed by atoms with Gasteiger partial charge >= 0.3 is 0 Å². The monoisotopic (exact) mass is 258 g/mol. The van der Waals surface area contributed by atoms with Crippen LogP contribution in [0.25, 0.3) is 0 Å².